The third-order valence-electron chi connectivity index (χ3n) is 8.40. The molecule has 6 rings (SSSR count). The highest BCUT2D eigenvalue weighted by Gasteiger charge is 2.27. The summed E-state index contributed by atoms with van der Waals surface area (Å²) in [5.74, 6) is 1.10. The summed E-state index contributed by atoms with van der Waals surface area (Å²) >= 11 is 0. The second-order valence-electron chi connectivity index (χ2n) is 11.3. The molecule has 10 heteroatoms. The number of nitriles is 1. The number of likely N-dealkylation sites (tertiary alicyclic amines) is 1. The summed E-state index contributed by atoms with van der Waals surface area (Å²) in [4.78, 5) is 33.2. The van der Waals surface area contributed by atoms with Crippen molar-refractivity contribution >= 4 is 33.2 Å². The Morgan fingerprint density at radius 3 is 2.71 bits per heavy atom. The lowest BCUT2D eigenvalue weighted by Crippen LogP contribution is -2.51. The second-order valence-corrected chi connectivity index (χ2v) is 11.3. The van der Waals surface area contributed by atoms with Crippen LogP contribution in [0.4, 0.5) is 5.82 Å². The van der Waals surface area contributed by atoms with Crippen LogP contribution < -0.4 is 20.5 Å². The first-order valence-corrected chi connectivity index (χ1v) is 14.5. The smallest absolute Gasteiger partial charge is 0.319 e. The van der Waals surface area contributed by atoms with Gasteiger partial charge < -0.3 is 19.9 Å². The van der Waals surface area contributed by atoms with Crippen LogP contribution in [0.3, 0.4) is 0 Å². The minimum atomic E-state index is -0.281. The zero-order chi connectivity index (χ0) is 29.4. The largest absolute Gasteiger partial charge is 0.462 e. The lowest BCUT2D eigenvalue weighted by atomic mass is 9.98. The molecular weight excluding hydrogens is 528 g/mol. The van der Waals surface area contributed by atoms with Gasteiger partial charge in [-0.05, 0) is 57.3 Å². The Labute approximate surface area is 245 Å². The molecule has 2 aliphatic heterocycles. The van der Waals surface area contributed by atoms with Gasteiger partial charge in [0.15, 0.2) is 11.3 Å². The van der Waals surface area contributed by atoms with Gasteiger partial charge in [-0.25, -0.2) is 4.98 Å². The van der Waals surface area contributed by atoms with Crippen LogP contribution in [0.5, 0.6) is 6.01 Å². The minimum Gasteiger partial charge on any atom is -0.462 e. The molecule has 4 aromatic rings. The number of piperazine rings is 1. The van der Waals surface area contributed by atoms with Crippen LogP contribution in [0, 0.1) is 18.3 Å². The number of nitrogens with one attached hydrogen (secondary N) is 1. The Balaban J connectivity index is 1.53. The van der Waals surface area contributed by atoms with Crippen LogP contribution in [0.1, 0.15) is 37.6 Å². The molecule has 1 N–H and O–H groups in total. The molecule has 0 amide bonds. The van der Waals surface area contributed by atoms with Gasteiger partial charge >= 0.3 is 6.01 Å². The van der Waals surface area contributed by atoms with Crippen molar-refractivity contribution in [2.24, 2.45) is 0 Å². The lowest BCUT2D eigenvalue weighted by Gasteiger charge is -2.34. The van der Waals surface area contributed by atoms with E-state index in [1.165, 1.54) is 0 Å². The summed E-state index contributed by atoms with van der Waals surface area (Å²) in [6, 6.07) is 14.7. The molecule has 0 bridgehead atoms. The van der Waals surface area contributed by atoms with Crippen LogP contribution in [-0.4, -0.2) is 76.3 Å². The van der Waals surface area contributed by atoms with Gasteiger partial charge in [-0.15, -0.1) is 0 Å². The van der Waals surface area contributed by atoms with E-state index in [2.05, 4.69) is 39.8 Å². The van der Waals surface area contributed by atoms with E-state index < -0.39 is 0 Å². The third-order valence-corrected chi connectivity index (χ3v) is 8.40. The quantitative estimate of drug-likeness (QED) is 0.358. The topological polar surface area (TPSA) is 112 Å². The summed E-state index contributed by atoms with van der Waals surface area (Å²) in [6.45, 7) is 11.4. The van der Waals surface area contributed by atoms with Gasteiger partial charge in [0.25, 0.3) is 5.56 Å². The molecule has 0 spiro atoms. The van der Waals surface area contributed by atoms with Gasteiger partial charge in [0, 0.05) is 37.1 Å². The Morgan fingerprint density at radius 1 is 1.17 bits per heavy atom. The Hall–Kier alpha value is -4.33. The number of allylic oxidation sites excluding steroid dienone is 1. The highest BCUT2D eigenvalue weighted by Crippen LogP contribution is 2.31. The van der Waals surface area contributed by atoms with Crippen molar-refractivity contribution in [3.8, 4) is 17.8 Å². The van der Waals surface area contributed by atoms with Crippen LogP contribution >= 0.6 is 0 Å². The number of aryl methyl sites for hydroxylation is 1. The van der Waals surface area contributed by atoms with Gasteiger partial charge in [-0.3, -0.25) is 9.36 Å². The molecule has 0 aliphatic carbocycles. The fourth-order valence-electron chi connectivity index (χ4n) is 6.20. The predicted molar refractivity (Wildman–Crippen MR) is 165 cm³/mol. The van der Waals surface area contributed by atoms with Crippen molar-refractivity contribution in [3.05, 3.63) is 64.7 Å². The number of fused-ring (bicyclic) bond motifs is 2. The van der Waals surface area contributed by atoms with Crippen molar-refractivity contribution in [2.75, 3.05) is 44.7 Å². The van der Waals surface area contributed by atoms with Crippen LogP contribution in [-0.2, 0) is 0 Å². The molecule has 216 valence electrons. The van der Waals surface area contributed by atoms with Crippen molar-refractivity contribution in [3.63, 3.8) is 0 Å². The average molecular weight is 565 g/mol. The molecule has 2 aromatic heterocycles. The zero-order valence-corrected chi connectivity index (χ0v) is 24.4. The molecule has 2 atom stereocenters. The second kappa shape index (κ2) is 11.5. The maximum atomic E-state index is 14.4. The fourth-order valence-corrected chi connectivity index (χ4v) is 6.20. The molecule has 0 unspecified atom stereocenters. The van der Waals surface area contributed by atoms with Crippen molar-refractivity contribution in [1.82, 2.24) is 29.7 Å². The standard InChI is InChI=1S/C32H36N8O2/c1-20(2)25-11-5-8-22-9-6-12-26(27(22)25)40-21(3)35-28-29(31(40)41)36-32(42-19-24-10-7-16-38(24)4)37-30(28)39-17-15-34-23(18-39)13-14-33/h5-6,8-9,11-12,23-24,34H,1,7,10,13,15-19H2,2-4H3/t23-,24-/m0/s1. The van der Waals surface area contributed by atoms with E-state index in [4.69, 9.17) is 14.7 Å². The maximum Gasteiger partial charge on any atom is 0.319 e. The molecule has 42 heavy (non-hydrogen) atoms. The highest BCUT2D eigenvalue weighted by molar-refractivity contribution is 5.99. The van der Waals surface area contributed by atoms with E-state index >= 15 is 0 Å². The summed E-state index contributed by atoms with van der Waals surface area (Å²) in [7, 11) is 2.10. The van der Waals surface area contributed by atoms with Gasteiger partial charge in [-0.2, -0.15) is 15.2 Å². The first-order chi connectivity index (χ1) is 20.4. The fraction of sp³-hybridized carbons (Fsp3) is 0.406. The average Bonchev–Trinajstić information content (AvgIpc) is 3.40. The van der Waals surface area contributed by atoms with Crippen molar-refractivity contribution < 1.29 is 4.74 Å². The number of benzene rings is 2. The number of likely N-dealkylation sites (N-methyl/N-ethyl adjacent to an activating group) is 1. The van der Waals surface area contributed by atoms with E-state index in [9.17, 15) is 10.1 Å². The Bertz CT molecular complexity index is 1770. The van der Waals surface area contributed by atoms with Gasteiger partial charge in [0.05, 0.1) is 18.2 Å². The predicted octanol–water partition coefficient (Wildman–Crippen LogP) is 3.84. The number of nitrogens with zero attached hydrogens (tertiary/aromatic N) is 7. The van der Waals surface area contributed by atoms with E-state index in [1.54, 1.807) is 4.57 Å². The molecule has 2 saturated heterocycles. The Kier molecular flexibility index (Phi) is 7.62. The Morgan fingerprint density at radius 2 is 1.98 bits per heavy atom. The number of anilines is 1. The highest BCUT2D eigenvalue weighted by atomic mass is 16.5. The molecule has 0 radical (unpaired) electrons. The molecule has 4 heterocycles. The van der Waals surface area contributed by atoms with E-state index in [0.29, 0.717) is 49.8 Å². The van der Waals surface area contributed by atoms with Crippen LogP contribution in [0.15, 0.2) is 47.8 Å². The van der Waals surface area contributed by atoms with Gasteiger partial charge in [0.2, 0.25) is 0 Å². The summed E-state index contributed by atoms with van der Waals surface area (Å²) in [5.41, 5.74) is 2.99. The van der Waals surface area contributed by atoms with Crippen LogP contribution in [0.25, 0.3) is 33.1 Å². The monoisotopic (exact) mass is 564 g/mol. The van der Waals surface area contributed by atoms with E-state index in [1.807, 2.05) is 50.2 Å². The first kappa shape index (κ1) is 27.8. The molecule has 2 aromatic carbocycles. The minimum absolute atomic E-state index is 0.0111. The summed E-state index contributed by atoms with van der Waals surface area (Å²) in [6.07, 6.45) is 2.55. The number of hydrogen-bond acceptors (Lipinski definition) is 9. The molecular formula is C32H36N8O2. The normalized spacial score (nSPS) is 19.3. The van der Waals surface area contributed by atoms with Crippen LogP contribution in [0.2, 0.25) is 0 Å². The summed E-state index contributed by atoms with van der Waals surface area (Å²) < 4.78 is 7.82. The van der Waals surface area contributed by atoms with Gasteiger partial charge in [-0.1, -0.05) is 42.5 Å². The molecule has 0 saturated carbocycles. The molecule has 2 aliphatic rings. The number of rotatable bonds is 7. The number of ether oxygens (including phenoxy) is 1. The van der Waals surface area contributed by atoms with E-state index in [-0.39, 0.29) is 29.2 Å². The van der Waals surface area contributed by atoms with Gasteiger partial charge in [0.1, 0.15) is 17.9 Å². The third kappa shape index (κ3) is 5.10. The van der Waals surface area contributed by atoms with Crippen molar-refractivity contribution in [1.29, 1.82) is 5.26 Å². The molecule has 2 fully saturated rings. The van der Waals surface area contributed by atoms with Crippen molar-refractivity contribution in [2.45, 2.75) is 45.2 Å². The SMILES string of the molecule is C=C(C)c1cccc2cccc(-n3c(C)nc4c(N5CCN[C@@H](CC#N)C5)nc(OC[C@@H]5CCCN5C)nc4c3=O)c12. The maximum absolute atomic E-state index is 14.4. The molecule has 10 nitrogen and oxygen atoms in total. The van der Waals surface area contributed by atoms with E-state index in [0.717, 1.165) is 47.0 Å². The first-order valence-electron chi connectivity index (χ1n) is 14.5. The summed E-state index contributed by atoms with van der Waals surface area (Å²) in [5, 5.41) is 14.7. The zero-order valence-electron chi connectivity index (χ0n) is 24.4. The lowest BCUT2D eigenvalue weighted by molar-refractivity contribution is 0.188. The number of hydrogen-bond donors (Lipinski definition) is 1. The number of aromatic nitrogens is 4.